The van der Waals surface area contributed by atoms with Crippen molar-refractivity contribution in [3.8, 4) is 0 Å². The molecule has 1 N–H and O–H groups in total. The van der Waals surface area contributed by atoms with E-state index in [1.807, 2.05) is 0 Å². The third kappa shape index (κ3) is 3.26. The third-order valence-corrected chi connectivity index (χ3v) is 3.70. The van der Waals surface area contributed by atoms with Gasteiger partial charge in [0.15, 0.2) is 0 Å². The van der Waals surface area contributed by atoms with Gasteiger partial charge in [0.25, 0.3) is 5.69 Å². The highest BCUT2D eigenvalue weighted by molar-refractivity contribution is 5.65. The molecular weight excluding hydrogens is 289 g/mol. The Hall–Kier alpha value is -1.83. The van der Waals surface area contributed by atoms with Gasteiger partial charge in [-0.1, -0.05) is 6.92 Å². The SMILES string of the molecule is CC1CN(c2ccc(C(F)(F)F)cc2[N+](=O)[O-])CCC1O. The molecule has 0 saturated carbocycles. The summed E-state index contributed by atoms with van der Waals surface area (Å²) < 4.78 is 37.9. The molecule has 5 nitrogen and oxygen atoms in total. The molecule has 0 aromatic heterocycles. The molecular formula is C13H15F3N2O3. The van der Waals surface area contributed by atoms with Crippen molar-refractivity contribution in [1.82, 2.24) is 0 Å². The summed E-state index contributed by atoms with van der Waals surface area (Å²) in [5.74, 6) is -0.0966. The monoisotopic (exact) mass is 304 g/mol. The number of alkyl halides is 3. The number of hydrogen-bond acceptors (Lipinski definition) is 4. The molecule has 1 aliphatic rings. The largest absolute Gasteiger partial charge is 0.416 e. The normalized spacial score (nSPS) is 23.2. The molecule has 2 rings (SSSR count). The molecule has 0 radical (unpaired) electrons. The lowest BCUT2D eigenvalue weighted by Gasteiger charge is -2.35. The molecule has 116 valence electrons. The minimum absolute atomic E-state index is 0.0966. The number of aliphatic hydroxyl groups excluding tert-OH is 1. The van der Waals surface area contributed by atoms with Crippen LogP contribution in [-0.2, 0) is 6.18 Å². The van der Waals surface area contributed by atoms with E-state index in [4.69, 9.17) is 0 Å². The molecule has 21 heavy (non-hydrogen) atoms. The Kier molecular flexibility index (Phi) is 4.08. The smallest absolute Gasteiger partial charge is 0.393 e. The standard InChI is InChI=1S/C13H15F3N2O3/c1-8-7-17(5-4-12(8)19)10-3-2-9(13(14,15)16)6-11(10)18(20)21/h2-3,6,8,12,19H,4-5,7H2,1H3. The number of hydrogen-bond donors (Lipinski definition) is 1. The van der Waals surface area contributed by atoms with E-state index in [1.54, 1.807) is 11.8 Å². The summed E-state index contributed by atoms with van der Waals surface area (Å²) in [6.45, 7) is 2.54. The predicted octanol–water partition coefficient (Wildman–Crippen LogP) is 2.82. The van der Waals surface area contributed by atoms with E-state index in [9.17, 15) is 28.4 Å². The van der Waals surface area contributed by atoms with E-state index in [0.29, 0.717) is 25.6 Å². The Bertz CT molecular complexity index is 548. The van der Waals surface area contributed by atoms with Crippen molar-refractivity contribution >= 4 is 11.4 Å². The number of nitro groups is 1. The van der Waals surface area contributed by atoms with Crippen LogP contribution >= 0.6 is 0 Å². The first-order chi connectivity index (χ1) is 9.70. The van der Waals surface area contributed by atoms with Gasteiger partial charge in [0.05, 0.1) is 16.6 Å². The molecule has 8 heteroatoms. The van der Waals surface area contributed by atoms with Crippen molar-refractivity contribution < 1.29 is 23.2 Å². The highest BCUT2D eigenvalue weighted by atomic mass is 19.4. The van der Waals surface area contributed by atoms with Crippen molar-refractivity contribution in [2.24, 2.45) is 5.92 Å². The van der Waals surface area contributed by atoms with Gasteiger partial charge in [-0.25, -0.2) is 0 Å². The fourth-order valence-corrected chi connectivity index (χ4v) is 2.47. The van der Waals surface area contributed by atoms with Crippen LogP contribution in [0.2, 0.25) is 0 Å². The minimum atomic E-state index is -4.62. The molecule has 0 amide bonds. The van der Waals surface area contributed by atoms with E-state index in [1.165, 1.54) is 0 Å². The summed E-state index contributed by atoms with van der Waals surface area (Å²) in [5, 5.41) is 20.7. The Morgan fingerprint density at radius 2 is 2.10 bits per heavy atom. The first-order valence-corrected chi connectivity index (χ1v) is 6.49. The zero-order valence-corrected chi connectivity index (χ0v) is 11.3. The summed E-state index contributed by atoms with van der Waals surface area (Å²) >= 11 is 0. The Labute approximate surface area is 119 Å². The number of benzene rings is 1. The minimum Gasteiger partial charge on any atom is -0.393 e. The van der Waals surface area contributed by atoms with Gasteiger partial charge in [-0.3, -0.25) is 10.1 Å². The zero-order valence-electron chi connectivity index (χ0n) is 11.3. The fraction of sp³-hybridized carbons (Fsp3) is 0.538. The molecule has 1 saturated heterocycles. The number of rotatable bonds is 2. The second kappa shape index (κ2) is 5.51. The van der Waals surface area contributed by atoms with Gasteiger partial charge in [-0.05, 0) is 24.5 Å². The first kappa shape index (κ1) is 15.6. The van der Waals surface area contributed by atoms with Crippen molar-refractivity contribution in [2.45, 2.75) is 25.6 Å². The zero-order chi connectivity index (χ0) is 15.8. The Morgan fingerprint density at radius 1 is 1.43 bits per heavy atom. The van der Waals surface area contributed by atoms with Crippen LogP contribution < -0.4 is 4.90 Å². The molecule has 1 heterocycles. The van der Waals surface area contributed by atoms with Crippen LogP contribution in [0.1, 0.15) is 18.9 Å². The van der Waals surface area contributed by atoms with Crippen molar-refractivity contribution in [3.63, 3.8) is 0 Å². The van der Waals surface area contributed by atoms with Crippen LogP contribution in [0.3, 0.4) is 0 Å². The first-order valence-electron chi connectivity index (χ1n) is 6.49. The fourth-order valence-electron chi connectivity index (χ4n) is 2.47. The number of halogens is 3. The van der Waals surface area contributed by atoms with E-state index in [-0.39, 0.29) is 11.6 Å². The lowest BCUT2D eigenvalue weighted by atomic mass is 9.96. The van der Waals surface area contributed by atoms with Crippen LogP contribution in [-0.4, -0.2) is 29.2 Å². The maximum Gasteiger partial charge on any atom is 0.416 e. The number of nitro benzene ring substituents is 1. The van der Waals surface area contributed by atoms with Gasteiger partial charge < -0.3 is 10.0 Å². The number of nitrogens with zero attached hydrogens (tertiary/aromatic N) is 2. The summed E-state index contributed by atoms with van der Waals surface area (Å²) in [4.78, 5) is 11.9. The van der Waals surface area contributed by atoms with Gasteiger partial charge in [0.2, 0.25) is 0 Å². The summed E-state index contributed by atoms with van der Waals surface area (Å²) in [6, 6.07) is 2.54. The molecule has 1 aromatic rings. The highest BCUT2D eigenvalue weighted by Gasteiger charge is 2.35. The van der Waals surface area contributed by atoms with E-state index in [2.05, 4.69) is 0 Å². The molecule has 0 spiro atoms. The average molecular weight is 304 g/mol. The van der Waals surface area contributed by atoms with Crippen LogP contribution in [0.4, 0.5) is 24.5 Å². The molecule has 2 atom stereocenters. The number of aliphatic hydroxyl groups is 1. The quantitative estimate of drug-likeness (QED) is 0.674. The van der Waals surface area contributed by atoms with Gasteiger partial charge in [-0.2, -0.15) is 13.2 Å². The second-order valence-electron chi connectivity index (χ2n) is 5.24. The Balaban J connectivity index is 2.38. The van der Waals surface area contributed by atoms with Crippen LogP contribution in [0.5, 0.6) is 0 Å². The highest BCUT2D eigenvalue weighted by Crippen LogP contribution is 2.37. The van der Waals surface area contributed by atoms with Crippen LogP contribution in [0.15, 0.2) is 18.2 Å². The molecule has 1 fully saturated rings. The van der Waals surface area contributed by atoms with Gasteiger partial charge in [0, 0.05) is 19.2 Å². The maximum atomic E-state index is 12.6. The lowest BCUT2D eigenvalue weighted by molar-refractivity contribution is -0.384. The third-order valence-electron chi connectivity index (χ3n) is 3.70. The molecule has 1 aromatic carbocycles. The summed E-state index contributed by atoms with van der Waals surface area (Å²) in [5.41, 5.74) is -1.44. The summed E-state index contributed by atoms with van der Waals surface area (Å²) in [6.07, 6.45) is -4.68. The van der Waals surface area contributed by atoms with Gasteiger partial charge >= 0.3 is 6.18 Å². The topological polar surface area (TPSA) is 66.6 Å². The van der Waals surface area contributed by atoms with Crippen molar-refractivity contribution in [3.05, 3.63) is 33.9 Å². The van der Waals surface area contributed by atoms with Gasteiger partial charge in [-0.15, -0.1) is 0 Å². The molecule has 1 aliphatic heterocycles. The van der Waals surface area contributed by atoms with Crippen LogP contribution in [0, 0.1) is 16.0 Å². The lowest BCUT2D eigenvalue weighted by Crippen LogP contribution is -2.42. The maximum absolute atomic E-state index is 12.6. The number of anilines is 1. The molecule has 2 unspecified atom stereocenters. The Morgan fingerprint density at radius 3 is 2.62 bits per heavy atom. The predicted molar refractivity (Wildman–Crippen MR) is 70.1 cm³/mol. The molecule has 0 bridgehead atoms. The van der Waals surface area contributed by atoms with E-state index >= 15 is 0 Å². The average Bonchev–Trinajstić information content (AvgIpc) is 2.40. The molecule has 0 aliphatic carbocycles. The van der Waals surface area contributed by atoms with Crippen LogP contribution in [0.25, 0.3) is 0 Å². The van der Waals surface area contributed by atoms with E-state index in [0.717, 1.165) is 12.1 Å². The van der Waals surface area contributed by atoms with Crippen molar-refractivity contribution in [1.29, 1.82) is 0 Å². The number of piperidine rings is 1. The van der Waals surface area contributed by atoms with Crippen molar-refractivity contribution in [2.75, 3.05) is 18.0 Å². The summed E-state index contributed by atoms with van der Waals surface area (Å²) in [7, 11) is 0. The van der Waals surface area contributed by atoms with E-state index < -0.39 is 28.5 Å². The van der Waals surface area contributed by atoms with Gasteiger partial charge in [0.1, 0.15) is 5.69 Å². The second-order valence-corrected chi connectivity index (χ2v) is 5.24.